The predicted molar refractivity (Wildman–Crippen MR) is 38.3 cm³/mol. The highest BCUT2D eigenvalue weighted by atomic mass is 15.1. The summed E-state index contributed by atoms with van der Waals surface area (Å²) in [5, 5.41) is 3.42. The van der Waals surface area contributed by atoms with Crippen molar-refractivity contribution < 1.29 is 0 Å². The Morgan fingerprint density at radius 3 is 3.33 bits per heavy atom. The lowest BCUT2D eigenvalue weighted by atomic mass is 10.1. The Hall–Kier alpha value is -0.300. The van der Waals surface area contributed by atoms with Crippen molar-refractivity contribution in [3.05, 3.63) is 12.2 Å². The van der Waals surface area contributed by atoms with Gasteiger partial charge in [0.15, 0.2) is 0 Å². The van der Waals surface area contributed by atoms with E-state index in [1.165, 1.54) is 25.7 Å². The number of allylic oxidation sites excluding steroid dienone is 1. The first-order valence-electron chi connectivity index (χ1n) is 3.89. The molecule has 1 heterocycles. The van der Waals surface area contributed by atoms with Gasteiger partial charge in [-0.05, 0) is 19.3 Å². The summed E-state index contributed by atoms with van der Waals surface area (Å²) in [7, 11) is 0. The van der Waals surface area contributed by atoms with E-state index in [2.05, 4.69) is 17.5 Å². The van der Waals surface area contributed by atoms with Gasteiger partial charge in [0.1, 0.15) is 0 Å². The minimum absolute atomic E-state index is 0.755. The van der Waals surface area contributed by atoms with Crippen molar-refractivity contribution in [1.29, 1.82) is 0 Å². The Morgan fingerprint density at radius 2 is 2.33 bits per heavy atom. The van der Waals surface area contributed by atoms with Crippen LogP contribution >= 0.6 is 0 Å². The molecule has 1 fully saturated rings. The van der Waals surface area contributed by atoms with Crippen LogP contribution in [-0.2, 0) is 0 Å². The van der Waals surface area contributed by atoms with E-state index in [1.807, 2.05) is 0 Å². The Morgan fingerprint density at radius 1 is 1.33 bits per heavy atom. The maximum atomic E-state index is 3.42. The molecule has 0 saturated carbocycles. The van der Waals surface area contributed by atoms with Crippen LogP contribution in [0.1, 0.15) is 25.7 Å². The van der Waals surface area contributed by atoms with Crippen molar-refractivity contribution >= 4 is 0 Å². The quantitative estimate of drug-likeness (QED) is 0.382. The third kappa shape index (κ3) is 1.16. The van der Waals surface area contributed by atoms with Gasteiger partial charge in [-0.25, -0.2) is 0 Å². The zero-order valence-corrected chi connectivity index (χ0v) is 5.64. The van der Waals surface area contributed by atoms with E-state index in [-0.39, 0.29) is 0 Å². The molecule has 2 atom stereocenters. The summed E-state index contributed by atoms with van der Waals surface area (Å²) in [4.78, 5) is 0. The van der Waals surface area contributed by atoms with E-state index in [1.54, 1.807) is 0 Å². The van der Waals surface area contributed by atoms with Crippen LogP contribution in [0.15, 0.2) is 12.2 Å². The SMILES string of the molecule is C1=C\C2NC2CCCC/1. The van der Waals surface area contributed by atoms with Crippen molar-refractivity contribution in [1.82, 2.24) is 5.32 Å². The maximum Gasteiger partial charge on any atom is 0.0408 e. The van der Waals surface area contributed by atoms with Gasteiger partial charge in [-0.2, -0.15) is 0 Å². The zero-order chi connectivity index (χ0) is 6.10. The van der Waals surface area contributed by atoms with E-state index < -0.39 is 0 Å². The highest BCUT2D eigenvalue weighted by Gasteiger charge is 2.32. The number of nitrogens with one attached hydrogen (secondary N) is 1. The van der Waals surface area contributed by atoms with E-state index in [9.17, 15) is 0 Å². The third-order valence-corrected chi connectivity index (χ3v) is 2.21. The summed E-state index contributed by atoms with van der Waals surface area (Å²) < 4.78 is 0. The number of hydrogen-bond acceptors (Lipinski definition) is 1. The van der Waals surface area contributed by atoms with Crippen molar-refractivity contribution in [2.45, 2.75) is 37.8 Å². The molecule has 50 valence electrons. The van der Waals surface area contributed by atoms with Gasteiger partial charge in [0.05, 0.1) is 0 Å². The third-order valence-electron chi connectivity index (χ3n) is 2.21. The van der Waals surface area contributed by atoms with Crippen LogP contribution < -0.4 is 5.32 Å². The summed E-state index contributed by atoms with van der Waals surface area (Å²) in [6.07, 6.45) is 10.1. The Balaban J connectivity index is 1.95. The van der Waals surface area contributed by atoms with Crippen LogP contribution in [0.3, 0.4) is 0 Å². The molecule has 1 aliphatic carbocycles. The fourth-order valence-corrected chi connectivity index (χ4v) is 1.51. The molecule has 0 bridgehead atoms. The van der Waals surface area contributed by atoms with E-state index in [0.29, 0.717) is 0 Å². The molecule has 1 heteroatoms. The van der Waals surface area contributed by atoms with Crippen molar-refractivity contribution in [3.63, 3.8) is 0 Å². The molecule has 1 nitrogen and oxygen atoms in total. The molecule has 0 aromatic rings. The van der Waals surface area contributed by atoms with Gasteiger partial charge in [0.25, 0.3) is 0 Å². The van der Waals surface area contributed by atoms with Gasteiger partial charge in [0.2, 0.25) is 0 Å². The van der Waals surface area contributed by atoms with Gasteiger partial charge in [-0.15, -0.1) is 0 Å². The highest BCUT2D eigenvalue weighted by molar-refractivity contribution is 5.12. The molecule has 2 aliphatic rings. The van der Waals surface area contributed by atoms with Crippen LogP contribution in [0.4, 0.5) is 0 Å². The minimum Gasteiger partial charge on any atom is -0.304 e. The molecule has 0 aromatic carbocycles. The summed E-state index contributed by atoms with van der Waals surface area (Å²) in [6.45, 7) is 0. The molecule has 1 saturated heterocycles. The summed E-state index contributed by atoms with van der Waals surface area (Å²) in [6, 6.07) is 1.60. The van der Waals surface area contributed by atoms with Crippen LogP contribution in [0, 0.1) is 0 Å². The van der Waals surface area contributed by atoms with Crippen LogP contribution in [0.5, 0.6) is 0 Å². The molecular formula is C8H13N. The first-order chi connectivity index (χ1) is 4.47. The van der Waals surface area contributed by atoms with Gasteiger partial charge >= 0.3 is 0 Å². The fraction of sp³-hybridized carbons (Fsp3) is 0.750. The van der Waals surface area contributed by atoms with E-state index >= 15 is 0 Å². The van der Waals surface area contributed by atoms with Gasteiger partial charge in [0, 0.05) is 12.1 Å². The molecule has 1 aliphatic heterocycles. The average Bonchev–Trinajstić information content (AvgIpc) is 2.46. The Labute approximate surface area is 56.1 Å². The summed E-state index contributed by atoms with van der Waals surface area (Å²) in [5.74, 6) is 0. The van der Waals surface area contributed by atoms with Crippen molar-refractivity contribution in [3.8, 4) is 0 Å². The standard InChI is InChI=1S/C8H13N/c1-2-4-6-8-7(9-8)5-3-1/h3,5,7-9H,1-2,4,6H2/b5-3-. The smallest absolute Gasteiger partial charge is 0.0408 e. The highest BCUT2D eigenvalue weighted by Crippen LogP contribution is 2.21. The second kappa shape index (κ2) is 2.14. The zero-order valence-electron chi connectivity index (χ0n) is 5.64. The molecule has 0 aromatic heterocycles. The van der Waals surface area contributed by atoms with E-state index in [0.717, 1.165) is 12.1 Å². The molecule has 1 N–H and O–H groups in total. The maximum absolute atomic E-state index is 3.42. The summed E-state index contributed by atoms with van der Waals surface area (Å²) in [5.41, 5.74) is 0. The topological polar surface area (TPSA) is 21.9 Å². The monoisotopic (exact) mass is 123 g/mol. The minimum atomic E-state index is 0.755. The molecule has 9 heavy (non-hydrogen) atoms. The number of rotatable bonds is 0. The number of hydrogen-bond donors (Lipinski definition) is 1. The molecule has 2 rings (SSSR count). The van der Waals surface area contributed by atoms with Gasteiger partial charge in [-0.3, -0.25) is 0 Å². The Kier molecular flexibility index (Phi) is 1.31. The van der Waals surface area contributed by atoms with Crippen LogP contribution in [0.25, 0.3) is 0 Å². The second-order valence-corrected chi connectivity index (χ2v) is 3.01. The predicted octanol–water partition coefficient (Wildman–Crippen LogP) is 1.46. The largest absolute Gasteiger partial charge is 0.304 e. The lowest BCUT2D eigenvalue weighted by molar-refractivity contribution is 0.666. The lowest BCUT2D eigenvalue weighted by Crippen LogP contribution is -1.93. The van der Waals surface area contributed by atoms with Crippen LogP contribution in [0.2, 0.25) is 0 Å². The van der Waals surface area contributed by atoms with Crippen LogP contribution in [-0.4, -0.2) is 12.1 Å². The average molecular weight is 123 g/mol. The first-order valence-corrected chi connectivity index (χ1v) is 3.89. The first kappa shape index (κ1) is 5.48. The molecular weight excluding hydrogens is 110 g/mol. The fourth-order valence-electron chi connectivity index (χ4n) is 1.51. The number of fused-ring (bicyclic) bond motifs is 1. The van der Waals surface area contributed by atoms with Crippen molar-refractivity contribution in [2.75, 3.05) is 0 Å². The molecule has 0 spiro atoms. The Bertz CT molecular complexity index is 129. The van der Waals surface area contributed by atoms with Gasteiger partial charge < -0.3 is 5.32 Å². The second-order valence-electron chi connectivity index (χ2n) is 3.01. The summed E-state index contributed by atoms with van der Waals surface area (Å²) >= 11 is 0. The lowest BCUT2D eigenvalue weighted by Gasteiger charge is -1.97. The normalized spacial score (nSPS) is 44.4. The van der Waals surface area contributed by atoms with Gasteiger partial charge in [-0.1, -0.05) is 18.6 Å². The molecule has 0 amide bonds. The molecule has 0 radical (unpaired) electrons. The molecule has 2 unspecified atom stereocenters. The van der Waals surface area contributed by atoms with Crippen molar-refractivity contribution in [2.24, 2.45) is 0 Å². The van der Waals surface area contributed by atoms with E-state index in [4.69, 9.17) is 0 Å².